The number of amides is 2. The van der Waals surface area contributed by atoms with Gasteiger partial charge in [0.1, 0.15) is 5.69 Å². The first-order valence-electron chi connectivity index (χ1n) is 6.62. The molecule has 6 nitrogen and oxygen atoms in total. The van der Waals surface area contributed by atoms with Crippen molar-refractivity contribution in [3.63, 3.8) is 0 Å². The van der Waals surface area contributed by atoms with Crippen LogP contribution in [0.25, 0.3) is 10.9 Å². The highest BCUT2D eigenvalue weighted by molar-refractivity contribution is 6.12. The lowest BCUT2D eigenvalue weighted by atomic mass is 10.2. The van der Waals surface area contributed by atoms with Crippen molar-refractivity contribution in [1.82, 2.24) is 4.98 Å². The van der Waals surface area contributed by atoms with Gasteiger partial charge >= 0.3 is 12.0 Å². The van der Waals surface area contributed by atoms with E-state index in [1.165, 1.54) is 0 Å². The molecule has 1 heterocycles. The van der Waals surface area contributed by atoms with E-state index in [9.17, 15) is 14.7 Å². The average Bonchev–Trinajstić information content (AvgIpc) is 2.87. The summed E-state index contributed by atoms with van der Waals surface area (Å²) in [6, 6.07) is 15.5. The molecule has 2 aromatic carbocycles. The SMILES string of the molecule is O=C(Nc1ccccc1)Nc1c(C(=O)O)[nH]c2ccccc12. The van der Waals surface area contributed by atoms with Crippen LogP contribution in [0.2, 0.25) is 0 Å². The van der Waals surface area contributed by atoms with Crippen molar-refractivity contribution < 1.29 is 14.7 Å². The first-order chi connectivity index (χ1) is 10.6. The topological polar surface area (TPSA) is 94.2 Å². The highest BCUT2D eigenvalue weighted by Gasteiger charge is 2.18. The number of benzene rings is 2. The number of fused-ring (bicyclic) bond motifs is 1. The quantitative estimate of drug-likeness (QED) is 0.595. The van der Waals surface area contributed by atoms with Crippen LogP contribution in [-0.2, 0) is 0 Å². The van der Waals surface area contributed by atoms with Crippen LogP contribution < -0.4 is 10.6 Å². The minimum atomic E-state index is -1.13. The van der Waals surface area contributed by atoms with Gasteiger partial charge in [0.15, 0.2) is 0 Å². The van der Waals surface area contributed by atoms with Crippen molar-refractivity contribution >= 4 is 34.3 Å². The average molecular weight is 295 g/mol. The second-order valence-corrected chi connectivity index (χ2v) is 4.67. The summed E-state index contributed by atoms with van der Waals surface area (Å²) >= 11 is 0. The Morgan fingerprint density at radius 3 is 2.32 bits per heavy atom. The summed E-state index contributed by atoms with van der Waals surface area (Å²) in [6.45, 7) is 0. The summed E-state index contributed by atoms with van der Waals surface area (Å²) in [5, 5.41) is 15.2. The lowest BCUT2D eigenvalue weighted by Crippen LogP contribution is -2.20. The number of aromatic nitrogens is 1. The molecular formula is C16H13N3O3. The molecule has 0 bridgehead atoms. The van der Waals surface area contributed by atoms with Crippen LogP contribution in [0.15, 0.2) is 54.6 Å². The number of anilines is 2. The van der Waals surface area contributed by atoms with Gasteiger partial charge in [-0.1, -0.05) is 36.4 Å². The molecule has 0 unspecified atom stereocenters. The Bertz CT molecular complexity index is 840. The molecule has 0 aliphatic heterocycles. The molecule has 0 fully saturated rings. The van der Waals surface area contributed by atoms with Gasteiger partial charge in [-0.3, -0.25) is 0 Å². The third-order valence-electron chi connectivity index (χ3n) is 3.19. The van der Waals surface area contributed by atoms with Gasteiger partial charge in [-0.05, 0) is 18.2 Å². The lowest BCUT2D eigenvalue weighted by molar-refractivity contribution is 0.0692. The number of carbonyl (C=O) groups is 2. The van der Waals surface area contributed by atoms with Gasteiger partial charge in [0.2, 0.25) is 0 Å². The summed E-state index contributed by atoms with van der Waals surface area (Å²) in [4.78, 5) is 26.2. The first kappa shape index (κ1) is 13.7. The molecule has 110 valence electrons. The fraction of sp³-hybridized carbons (Fsp3) is 0. The maximum atomic E-state index is 12.1. The Labute approximate surface area is 125 Å². The van der Waals surface area contributed by atoms with Crippen molar-refractivity contribution in [3.8, 4) is 0 Å². The highest BCUT2D eigenvalue weighted by Crippen LogP contribution is 2.27. The van der Waals surface area contributed by atoms with E-state index in [0.717, 1.165) is 0 Å². The molecular weight excluding hydrogens is 282 g/mol. The fourth-order valence-corrected chi connectivity index (χ4v) is 2.23. The molecule has 3 aromatic rings. The van der Waals surface area contributed by atoms with Gasteiger partial charge in [-0.25, -0.2) is 9.59 Å². The summed E-state index contributed by atoms with van der Waals surface area (Å²) in [5.41, 5.74) is 1.47. The van der Waals surface area contributed by atoms with Crippen LogP contribution in [0.4, 0.5) is 16.2 Å². The number of H-pyrrole nitrogens is 1. The third-order valence-corrected chi connectivity index (χ3v) is 3.19. The third kappa shape index (κ3) is 2.62. The number of carbonyl (C=O) groups excluding carboxylic acids is 1. The second-order valence-electron chi connectivity index (χ2n) is 4.67. The van der Waals surface area contributed by atoms with Gasteiger partial charge in [0.25, 0.3) is 0 Å². The zero-order valence-electron chi connectivity index (χ0n) is 11.5. The van der Waals surface area contributed by atoms with Crippen LogP contribution >= 0.6 is 0 Å². The van der Waals surface area contributed by atoms with Gasteiger partial charge in [0, 0.05) is 16.6 Å². The molecule has 0 saturated heterocycles. The number of para-hydroxylation sites is 2. The Morgan fingerprint density at radius 2 is 1.59 bits per heavy atom. The molecule has 1 aromatic heterocycles. The number of nitrogens with one attached hydrogen (secondary N) is 3. The van der Waals surface area contributed by atoms with Gasteiger partial charge < -0.3 is 20.7 Å². The normalized spacial score (nSPS) is 10.4. The molecule has 4 N–H and O–H groups in total. The number of rotatable bonds is 3. The molecule has 0 spiro atoms. The number of aromatic carboxylic acids is 1. The number of carboxylic acids is 1. The monoisotopic (exact) mass is 295 g/mol. The van der Waals surface area contributed by atoms with Gasteiger partial charge in [-0.15, -0.1) is 0 Å². The number of carboxylic acid groups (broad SMARTS) is 1. The molecule has 6 heteroatoms. The summed E-state index contributed by atoms with van der Waals surface area (Å²) in [7, 11) is 0. The molecule has 2 amide bonds. The first-order valence-corrected chi connectivity index (χ1v) is 6.62. The second kappa shape index (κ2) is 5.61. The minimum absolute atomic E-state index is 0.0515. The molecule has 0 aliphatic carbocycles. The van der Waals surface area contributed by atoms with Crippen molar-refractivity contribution in [1.29, 1.82) is 0 Å². The molecule has 0 radical (unpaired) electrons. The smallest absolute Gasteiger partial charge is 0.354 e. The van der Waals surface area contributed by atoms with Crippen LogP contribution in [0, 0.1) is 0 Å². The summed E-state index contributed by atoms with van der Waals surface area (Å²) < 4.78 is 0. The van der Waals surface area contributed by atoms with Crippen molar-refractivity contribution in [2.45, 2.75) is 0 Å². The largest absolute Gasteiger partial charge is 0.477 e. The number of hydrogen-bond acceptors (Lipinski definition) is 2. The van der Waals surface area contributed by atoms with Gasteiger partial charge in [0.05, 0.1) is 5.69 Å². The standard InChI is InChI=1S/C16H13N3O3/c20-15(21)14-13(11-8-4-5-9-12(11)18-14)19-16(22)17-10-6-2-1-3-7-10/h1-9,18H,(H,20,21)(H2,17,19,22). The van der Waals surface area contributed by atoms with Crippen LogP contribution in [-0.4, -0.2) is 22.1 Å². The van der Waals surface area contributed by atoms with Crippen molar-refractivity contribution in [3.05, 3.63) is 60.3 Å². The summed E-state index contributed by atoms with van der Waals surface area (Å²) in [5.74, 6) is -1.13. The predicted octanol–water partition coefficient (Wildman–Crippen LogP) is 3.51. The Hall–Kier alpha value is -3.28. The zero-order chi connectivity index (χ0) is 15.5. The van der Waals surface area contributed by atoms with E-state index in [1.807, 2.05) is 6.07 Å². The van der Waals surface area contributed by atoms with E-state index >= 15 is 0 Å². The molecule has 0 aliphatic rings. The van der Waals surface area contributed by atoms with Crippen LogP contribution in [0.5, 0.6) is 0 Å². The molecule has 0 saturated carbocycles. The Morgan fingerprint density at radius 1 is 0.909 bits per heavy atom. The van der Waals surface area contributed by atoms with E-state index in [-0.39, 0.29) is 11.4 Å². The van der Waals surface area contributed by atoms with Crippen LogP contribution in [0.3, 0.4) is 0 Å². The fourth-order valence-electron chi connectivity index (χ4n) is 2.23. The molecule has 3 rings (SSSR count). The Balaban J connectivity index is 1.91. The minimum Gasteiger partial charge on any atom is -0.477 e. The predicted molar refractivity (Wildman–Crippen MR) is 84.3 cm³/mol. The maximum Gasteiger partial charge on any atom is 0.354 e. The summed E-state index contributed by atoms with van der Waals surface area (Å²) in [6.07, 6.45) is 0. The van der Waals surface area contributed by atoms with Crippen molar-refractivity contribution in [2.24, 2.45) is 0 Å². The number of aromatic amines is 1. The highest BCUT2D eigenvalue weighted by atomic mass is 16.4. The number of urea groups is 1. The zero-order valence-corrected chi connectivity index (χ0v) is 11.5. The molecule has 0 atom stereocenters. The van der Waals surface area contributed by atoms with Crippen LogP contribution in [0.1, 0.15) is 10.5 Å². The van der Waals surface area contributed by atoms with Crippen molar-refractivity contribution in [2.75, 3.05) is 10.6 Å². The maximum absolute atomic E-state index is 12.1. The molecule has 22 heavy (non-hydrogen) atoms. The van der Waals surface area contributed by atoms with E-state index in [1.54, 1.807) is 48.5 Å². The lowest BCUT2D eigenvalue weighted by Gasteiger charge is -2.07. The van der Waals surface area contributed by atoms with E-state index in [2.05, 4.69) is 15.6 Å². The van der Waals surface area contributed by atoms with Gasteiger partial charge in [-0.2, -0.15) is 0 Å². The number of hydrogen-bond donors (Lipinski definition) is 4. The Kier molecular flexibility index (Phi) is 3.49. The van der Waals surface area contributed by atoms with E-state index in [4.69, 9.17) is 0 Å². The van der Waals surface area contributed by atoms with E-state index in [0.29, 0.717) is 16.6 Å². The van der Waals surface area contributed by atoms with E-state index < -0.39 is 12.0 Å².